The maximum atomic E-state index is 12.1. The minimum atomic E-state index is -3.59. The third-order valence-corrected chi connectivity index (χ3v) is 6.66. The molecular weight excluding hydrogens is 300 g/mol. The van der Waals surface area contributed by atoms with E-state index in [4.69, 9.17) is 5.73 Å². The summed E-state index contributed by atoms with van der Waals surface area (Å²) in [6.07, 6.45) is 0.302. The summed E-state index contributed by atoms with van der Waals surface area (Å²) in [4.78, 5) is 0. The minimum absolute atomic E-state index is 0.0217. The summed E-state index contributed by atoms with van der Waals surface area (Å²) >= 11 is 0. The maximum absolute atomic E-state index is 12.1. The first-order valence-corrected chi connectivity index (χ1v) is 9.63. The van der Waals surface area contributed by atoms with Gasteiger partial charge in [0.05, 0.1) is 17.3 Å². The van der Waals surface area contributed by atoms with E-state index in [0.29, 0.717) is 17.7 Å². The zero-order chi connectivity index (χ0) is 15.0. The zero-order valence-corrected chi connectivity index (χ0v) is 12.8. The number of rotatable bonds is 4. The number of hydrogen-bond acceptors (Lipinski definition) is 5. The lowest BCUT2D eigenvalue weighted by Crippen LogP contribution is -2.47. The topological polar surface area (TPSA) is 106 Å². The van der Waals surface area contributed by atoms with Gasteiger partial charge in [-0.1, -0.05) is 12.1 Å². The molecular formula is C12H18N2O4S2. The molecule has 1 heterocycles. The van der Waals surface area contributed by atoms with E-state index in [1.54, 1.807) is 31.2 Å². The van der Waals surface area contributed by atoms with Crippen molar-refractivity contribution in [3.05, 3.63) is 29.8 Å². The van der Waals surface area contributed by atoms with Crippen molar-refractivity contribution in [2.75, 3.05) is 17.2 Å². The molecule has 20 heavy (non-hydrogen) atoms. The average molecular weight is 318 g/mol. The Labute approximate surface area is 119 Å². The van der Waals surface area contributed by atoms with Crippen LogP contribution in [-0.4, -0.2) is 33.9 Å². The molecule has 0 radical (unpaired) electrons. The molecule has 0 spiro atoms. The van der Waals surface area contributed by atoms with Crippen molar-refractivity contribution in [1.82, 2.24) is 4.72 Å². The number of benzene rings is 1. The van der Waals surface area contributed by atoms with Gasteiger partial charge in [0.25, 0.3) is 0 Å². The Morgan fingerprint density at radius 1 is 1.30 bits per heavy atom. The van der Waals surface area contributed by atoms with Crippen LogP contribution in [0.1, 0.15) is 18.9 Å². The summed E-state index contributed by atoms with van der Waals surface area (Å²) in [5, 5.41) is 0. The summed E-state index contributed by atoms with van der Waals surface area (Å²) < 4.78 is 49.7. The largest absolute Gasteiger partial charge is 0.399 e. The molecule has 0 amide bonds. The molecule has 112 valence electrons. The Bertz CT molecular complexity index is 695. The van der Waals surface area contributed by atoms with Crippen molar-refractivity contribution in [3.8, 4) is 0 Å². The van der Waals surface area contributed by atoms with E-state index in [2.05, 4.69) is 4.72 Å². The van der Waals surface area contributed by atoms with E-state index in [1.165, 1.54) is 0 Å². The van der Waals surface area contributed by atoms with Crippen molar-refractivity contribution >= 4 is 25.5 Å². The molecule has 0 saturated carbocycles. The van der Waals surface area contributed by atoms with Crippen LogP contribution in [0, 0.1) is 0 Å². The Morgan fingerprint density at radius 3 is 2.40 bits per heavy atom. The van der Waals surface area contributed by atoms with Crippen LogP contribution in [0.3, 0.4) is 0 Å². The highest BCUT2D eigenvalue weighted by Crippen LogP contribution is 2.24. The van der Waals surface area contributed by atoms with Crippen molar-refractivity contribution in [2.45, 2.75) is 24.6 Å². The number of nitrogen functional groups attached to an aromatic ring is 1. The SMILES string of the molecule is CC1(NS(=O)(=O)Cc2ccc(N)cc2)CCS(=O)(=O)C1. The summed E-state index contributed by atoms with van der Waals surface area (Å²) in [5.41, 5.74) is 5.80. The monoisotopic (exact) mass is 318 g/mol. The fourth-order valence-corrected chi connectivity index (χ4v) is 6.15. The molecule has 1 aliphatic heterocycles. The van der Waals surface area contributed by atoms with E-state index in [1.807, 2.05) is 0 Å². The first-order valence-electron chi connectivity index (χ1n) is 6.16. The summed E-state index contributed by atoms with van der Waals surface area (Å²) in [7, 11) is -6.74. The average Bonchev–Trinajstić information content (AvgIpc) is 2.54. The van der Waals surface area contributed by atoms with Gasteiger partial charge in [-0.05, 0) is 31.0 Å². The third kappa shape index (κ3) is 3.94. The van der Waals surface area contributed by atoms with Crippen LogP contribution in [0.15, 0.2) is 24.3 Å². The molecule has 0 aromatic heterocycles. The molecule has 8 heteroatoms. The highest BCUT2D eigenvalue weighted by atomic mass is 32.2. The molecule has 2 rings (SSSR count). The fraction of sp³-hybridized carbons (Fsp3) is 0.500. The van der Waals surface area contributed by atoms with Crippen LogP contribution in [0.2, 0.25) is 0 Å². The number of sulfone groups is 1. The Kier molecular flexibility index (Phi) is 3.83. The van der Waals surface area contributed by atoms with Crippen molar-refractivity contribution in [3.63, 3.8) is 0 Å². The van der Waals surface area contributed by atoms with E-state index in [-0.39, 0.29) is 17.3 Å². The molecule has 1 atom stereocenters. The van der Waals surface area contributed by atoms with Gasteiger partial charge >= 0.3 is 0 Å². The zero-order valence-electron chi connectivity index (χ0n) is 11.2. The second-order valence-corrected chi connectivity index (χ2v) is 9.41. The predicted octanol–water partition coefficient (Wildman–Crippen LogP) is 0.265. The van der Waals surface area contributed by atoms with E-state index in [9.17, 15) is 16.8 Å². The maximum Gasteiger partial charge on any atom is 0.216 e. The third-order valence-electron chi connectivity index (χ3n) is 3.24. The highest BCUT2D eigenvalue weighted by Gasteiger charge is 2.40. The summed E-state index contributed by atoms with van der Waals surface area (Å²) in [6, 6.07) is 6.55. The first-order chi connectivity index (χ1) is 9.09. The highest BCUT2D eigenvalue weighted by molar-refractivity contribution is 7.92. The lowest BCUT2D eigenvalue weighted by molar-refractivity contribution is 0.461. The lowest BCUT2D eigenvalue weighted by atomic mass is 10.0. The van der Waals surface area contributed by atoms with Crippen LogP contribution in [0.4, 0.5) is 5.69 Å². The van der Waals surface area contributed by atoms with E-state index < -0.39 is 25.4 Å². The van der Waals surface area contributed by atoms with Gasteiger partial charge in [-0.15, -0.1) is 0 Å². The Balaban J connectivity index is 2.10. The number of nitrogens with one attached hydrogen (secondary N) is 1. The number of anilines is 1. The predicted molar refractivity (Wildman–Crippen MR) is 78.3 cm³/mol. The van der Waals surface area contributed by atoms with Gasteiger partial charge in [-0.25, -0.2) is 21.6 Å². The van der Waals surface area contributed by atoms with Gasteiger partial charge < -0.3 is 5.73 Å². The smallest absolute Gasteiger partial charge is 0.216 e. The van der Waals surface area contributed by atoms with Crippen LogP contribution in [-0.2, 0) is 25.6 Å². The molecule has 0 aliphatic carbocycles. The van der Waals surface area contributed by atoms with Crippen molar-refractivity contribution in [1.29, 1.82) is 0 Å². The van der Waals surface area contributed by atoms with Gasteiger partial charge in [0.1, 0.15) is 0 Å². The van der Waals surface area contributed by atoms with Crippen LogP contribution in [0.25, 0.3) is 0 Å². The Morgan fingerprint density at radius 2 is 1.90 bits per heavy atom. The second kappa shape index (κ2) is 5.01. The standard InChI is InChI=1S/C12H18N2O4S2/c1-12(6-7-19(15,16)9-12)14-20(17,18)8-10-2-4-11(13)5-3-10/h2-5,14H,6-9,13H2,1H3. The normalized spacial score (nSPS) is 25.6. The molecule has 1 fully saturated rings. The number of hydrogen-bond donors (Lipinski definition) is 2. The molecule has 0 bridgehead atoms. The molecule has 1 unspecified atom stereocenters. The summed E-state index contributed by atoms with van der Waals surface area (Å²) in [5.74, 6) is -0.322. The Hall–Kier alpha value is -1.12. The van der Waals surface area contributed by atoms with Gasteiger partial charge in [-0.2, -0.15) is 0 Å². The van der Waals surface area contributed by atoms with Crippen LogP contribution < -0.4 is 10.5 Å². The fourth-order valence-electron chi connectivity index (χ4n) is 2.34. The van der Waals surface area contributed by atoms with Crippen LogP contribution >= 0.6 is 0 Å². The first kappa shape index (κ1) is 15.3. The second-order valence-electron chi connectivity index (χ2n) is 5.51. The molecule has 6 nitrogen and oxygen atoms in total. The number of nitrogens with two attached hydrogens (primary N) is 1. The lowest BCUT2D eigenvalue weighted by Gasteiger charge is -2.23. The summed E-state index contributed by atoms with van der Waals surface area (Å²) in [6.45, 7) is 1.62. The quantitative estimate of drug-likeness (QED) is 0.775. The molecule has 1 saturated heterocycles. The van der Waals surface area contributed by atoms with Crippen molar-refractivity contribution in [2.24, 2.45) is 0 Å². The number of sulfonamides is 1. The van der Waals surface area contributed by atoms with Gasteiger partial charge in [-0.3, -0.25) is 0 Å². The van der Waals surface area contributed by atoms with Gasteiger partial charge in [0.2, 0.25) is 10.0 Å². The van der Waals surface area contributed by atoms with Crippen molar-refractivity contribution < 1.29 is 16.8 Å². The molecule has 1 aromatic carbocycles. The van der Waals surface area contributed by atoms with Gasteiger partial charge in [0, 0.05) is 11.2 Å². The van der Waals surface area contributed by atoms with Crippen LogP contribution in [0.5, 0.6) is 0 Å². The molecule has 1 aliphatic rings. The molecule has 3 N–H and O–H groups in total. The van der Waals surface area contributed by atoms with Gasteiger partial charge in [0.15, 0.2) is 9.84 Å². The van der Waals surface area contributed by atoms with E-state index in [0.717, 1.165) is 0 Å². The molecule has 1 aromatic rings. The van der Waals surface area contributed by atoms with E-state index >= 15 is 0 Å². The minimum Gasteiger partial charge on any atom is -0.399 e.